The van der Waals surface area contributed by atoms with Gasteiger partial charge in [0.2, 0.25) is 0 Å². The van der Waals surface area contributed by atoms with Gasteiger partial charge in [0.25, 0.3) is 0 Å². The quantitative estimate of drug-likeness (QED) is 0.621. The van der Waals surface area contributed by atoms with Gasteiger partial charge in [0.1, 0.15) is 24.9 Å². The summed E-state index contributed by atoms with van der Waals surface area (Å²) in [5, 5.41) is 0. The van der Waals surface area contributed by atoms with Gasteiger partial charge in [-0.25, -0.2) is 4.79 Å². The Labute approximate surface area is 117 Å². The van der Waals surface area contributed by atoms with Gasteiger partial charge in [0, 0.05) is 0 Å². The van der Waals surface area contributed by atoms with E-state index >= 15 is 0 Å². The van der Waals surface area contributed by atoms with Crippen molar-refractivity contribution in [2.45, 2.75) is 24.9 Å². The summed E-state index contributed by atoms with van der Waals surface area (Å²) >= 11 is 0. The molecule has 3 unspecified atom stereocenters. The van der Waals surface area contributed by atoms with Gasteiger partial charge in [0.05, 0.1) is 12.2 Å². The summed E-state index contributed by atoms with van der Waals surface area (Å²) in [6, 6.07) is 9.87. The molecule has 2 aliphatic heterocycles. The number of carbonyl (C=O) groups is 1. The molecule has 4 heteroatoms. The van der Waals surface area contributed by atoms with Crippen LogP contribution in [0.4, 0.5) is 0 Å². The van der Waals surface area contributed by atoms with Crippen LogP contribution in [0.25, 0.3) is 0 Å². The Kier molecular flexibility index (Phi) is 3.67. The molecule has 0 radical (unpaired) electrons. The number of benzene rings is 1. The van der Waals surface area contributed by atoms with Gasteiger partial charge in [-0.3, -0.25) is 0 Å². The molecule has 2 aliphatic rings. The molecule has 0 spiro atoms. The number of hydrogen-bond donors (Lipinski definition) is 0. The molecule has 1 fully saturated rings. The van der Waals surface area contributed by atoms with Crippen LogP contribution in [0.2, 0.25) is 0 Å². The summed E-state index contributed by atoms with van der Waals surface area (Å²) in [4.78, 5) is 11.6. The van der Waals surface area contributed by atoms with E-state index in [2.05, 4.69) is 6.58 Å². The van der Waals surface area contributed by atoms with Crippen LogP contribution in [0.5, 0.6) is 0 Å². The molecule has 4 nitrogen and oxygen atoms in total. The second-order valence-corrected chi connectivity index (χ2v) is 4.81. The topological polar surface area (TPSA) is 44.8 Å². The number of cyclic esters (lactones) is 1. The average Bonchev–Trinajstić information content (AvgIpc) is 2.86. The molecular formula is C16H16O4. The van der Waals surface area contributed by atoms with Gasteiger partial charge in [0.15, 0.2) is 0 Å². The molecule has 0 aliphatic carbocycles. The van der Waals surface area contributed by atoms with E-state index in [4.69, 9.17) is 14.2 Å². The van der Waals surface area contributed by atoms with Crippen LogP contribution in [0.3, 0.4) is 0 Å². The van der Waals surface area contributed by atoms with Crippen molar-refractivity contribution in [1.29, 1.82) is 0 Å². The van der Waals surface area contributed by atoms with E-state index in [1.54, 1.807) is 12.2 Å². The van der Waals surface area contributed by atoms with E-state index in [-0.39, 0.29) is 30.9 Å². The monoisotopic (exact) mass is 272 g/mol. The zero-order valence-corrected chi connectivity index (χ0v) is 11.0. The Hall–Kier alpha value is -1.91. The molecule has 0 amide bonds. The van der Waals surface area contributed by atoms with E-state index < -0.39 is 0 Å². The Bertz CT molecular complexity index is 535. The Morgan fingerprint density at radius 3 is 2.90 bits per heavy atom. The Morgan fingerprint density at radius 2 is 2.15 bits per heavy atom. The van der Waals surface area contributed by atoms with Crippen molar-refractivity contribution in [2.75, 3.05) is 6.61 Å². The molecule has 2 heterocycles. The van der Waals surface area contributed by atoms with Crippen LogP contribution in [-0.2, 0) is 25.6 Å². The number of esters is 1. The first-order chi connectivity index (χ1) is 9.78. The van der Waals surface area contributed by atoms with E-state index in [0.717, 1.165) is 5.56 Å². The average molecular weight is 272 g/mol. The van der Waals surface area contributed by atoms with Gasteiger partial charge in [-0.15, -0.1) is 6.58 Å². The zero-order valence-electron chi connectivity index (χ0n) is 11.0. The molecule has 3 atom stereocenters. The largest absolute Gasteiger partial charge is 0.459 e. The smallest absolute Gasteiger partial charge is 0.336 e. The maximum atomic E-state index is 11.6. The highest BCUT2D eigenvalue weighted by molar-refractivity contribution is 5.92. The zero-order chi connectivity index (χ0) is 13.9. The summed E-state index contributed by atoms with van der Waals surface area (Å²) in [5.41, 5.74) is 1.63. The first-order valence-corrected chi connectivity index (χ1v) is 6.60. The van der Waals surface area contributed by atoms with Crippen molar-refractivity contribution in [3.63, 3.8) is 0 Å². The fourth-order valence-electron chi connectivity index (χ4n) is 2.38. The van der Waals surface area contributed by atoms with Crippen molar-refractivity contribution in [1.82, 2.24) is 0 Å². The summed E-state index contributed by atoms with van der Waals surface area (Å²) in [6.07, 6.45) is 2.64. The molecule has 0 saturated carbocycles. The van der Waals surface area contributed by atoms with E-state index in [1.165, 1.54) is 0 Å². The summed E-state index contributed by atoms with van der Waals surface area (Å²) in [7, 11) is 0. The first kappa shape index (κ1) is 13.1. The van der Waals surface area contributed by atoms with Gasteiger partial charge in [-0.05, 0) is 11.6 Å². The minimum Gasteiger partial charge on any atom is -0.459 e. The molecule has 0 aromatic heterocycles. The van der Waals surface area contributed by atoms with Gasteiger partial charge in [-0.1, -0.05) is 36.4 Å². The highest BCUT2D eigenvalue weighted by atomic mass is 16.6. The molecule has 1 aromatic rings. The molecule has 104 valence electrons. The predicted molar refractivity (Wildman–Crippen MR) is 72.9 cm³/mol. The second-order valence-electron chi connectivity index (χ2n) is 4.81. The molecule has 0 N–H and O–H groups in total. The fraction of sp³-hybridized carbons (Fsp3) is 0.312. The van der Waals surface area contributed by atoms with E-state index in [0.29, 0.717) is 12.2 Å². The third-order valence-corrected chi connectivity index (χ3v) is 3.45. The van der Waals surface area contributed by atoms with Crippen molar-refractivity contribution in [3.8, 4) is 0 Å². The molecule has 0 bridgehead atoms. The minimum atomic E-state index is -0.315. The van der Waals surface area contributed by atoms with Crippen LogP contribution in [0, 0.1) is 0 Å². The van der Waals surface area contributed by atoms with Crippen LogP contribution < -0.4 is 0 Å². The lowest BCUT2D eigenvalue weighted by Crippen LogP contribution is -2.38. The molecule has 3 rings (SSSR count). The highest BCUT2D eigenvalue weighted by Gasteiger charge is 2.39. The third kappa shape index (κ3) is 2.53. The summed E-state index contributed by atoms with van der Waals surface area (Å²) in [6.45, 7) is 4.50. The van der Waals surface area contributed by atoms with E-state index in [9.17, 15) is 4.79 Å². The minimum absolute atomic E-state index is 0.262. The van der Waals surface area contributed by atoms with Crippen molar-refractivity contribution in [2.24, 2.45) is 0 Å². The standard InChI is InChI=1S/C16H16O4/c1-2-13-14(18-9-11-6-4-3-5-7-11)8-12-15(20-13)10-19-16(12)17/h2-8,13-15H,1,9-10H2. The van der Waals surface area contributed by atoms with Crippen LogP contribution in [0.15, 0.2) is 54.6 Å². The third-order valence-electron chi connectivity index (χ3n) is 3.45. The Balaban J connectivity index is 1.73. The summed E-state index contributed by atoms with van der Waals surface area (Å²) < 4.78 is 16.6. The normalized spacial score (nSPS) is 28.5. The summed E-state index contributed by atoms with van der Waals surface area (Å²) in [5.74, 6) is -0.314. The Morgan fingerprint density at radius 1 is 1.35 bits per heavy atom. The first-order valence-electron chi connectivity index (χ1n) is 6.60. The van der Waals surface area contributed by atoms with Gasteiger partial charge in [-0.2, -0.15) is 0 Å². The van der Waals surface area contributed by atoms with Gasteiger partial charge >= 0.3 is 5.97 Å². The fourth-order valence-corrected chi connectivity index (χ4v) is 2.38. The number of rotatable bonds is 4. The van der Waals surface area contributed by atoms with Crippen LogP contribution >= 0.6 is 0 Å². The van der Waals surface area contributed by atoms with Crippen LogP contribution in [-0.4, -0.2) is 30.9 Å². The lowest BCUT2D eigenvalue weighted by atomic mass is 10.0. The molecule has 20 heavy (non-hydrogen) atoms. The number of fused-ring (bicyclic) bond motifs is 1. The number of ether oxygens (including phenoxy) is 3. The number of hydrogen-bond acceptors (Lipinski definition) is 4. The number of carbonyl (C=O) groups excluding carboxylic acids is 1. The lowest BCUT2D eigenvalue weighted by molar-refractivity contribution is -0.135. The maximum Gasteiger partial charge on any atom is 0.336 e. The SMILES string of the molecule is C=CC1OC2COC(=O)C2=CC1OCc1ccccc1. The molecule has 1 aromatic carbocycles. The van der Waals surface area contributed by atoms with Crippen molar-refractivity contribution < 1.29 is 19.0 Å². The predicted octanol–water partition coefficient (Wildman–Crippen LogP) is 2.01. The lowest BCUT2D eigenvalue weighted by Gasteiger charge is -2.29. The highest BCUT2D eigenvalue weighted by Crippen LogP contribution is 2.28. The maximum absolute atomic E-state index is 11.6. The second kappa shape index (κ2) is 5.61. The van der Waals surface area contributed by atoms with E-state index in [1.807, 2.05) is 30.3 Å². The van der Waals surface area contributed by atoms with Crippen LogP contribution in [0.1, 0.15) is 5.56 Å². The van der Waals surface area contributed by atoms with Crippen molar-refractivity contribution >= 4 is 5.97 Å². The molecular weight excluding hydrogens is 256 g/mol. The van der Waals surface area contributed by atoms with Crippen molar-refractivity contribution in [3.05, 3.63) is 60.2 Å². The van der Waals surface area contributed by atoms with Gasteiger partial charge < -0.3 is 14.2 Å². The molecule has 1 saturated heterocycles.